The highest BCUT2D eigenvalue weighted by Crippen LogP contribution is 2.38. The van der Waals surface area contributed by atoms with E-state index >= 15 is 0 Å². The first kappa shape index (κ1) is 15.9. The summed E-state index contributed by atoms with van der Waals surface area (Å²) in [5.41, 5.74) is 3.15. The third-order valence-corrected chi connectivity index (χ3v) is 3.62. The molecule has 2 aromatic rings. The molecule has 0 aliphatic rings. The van der Waals surface area contributed by atoms with Gasteiger partial charge in [0, 0.05) is 23.6 Å². The summed E-state index contributed by atoms with van der Waals surface area (Å²) in [5, 5.41) is 4.23. The van der Waals surface area contributed by atoms with Gasteiger partial charge in [0.1, 0.15) is 17.1 Å². The average molecular weight is 291 g/mol. The summed E-state index contributed by atoms with van der Waals surface area (Å²) in [5.74, 6) is 1.77. The Morgan fingerprint density at radius 1 is 1.19 bits per heavy atom. The second-order valence-electron chi connectivity index (χ2n) is 6.27. The first-order valence-electron chi connectivity index (χ1n) is 7.18. The van der Waals surface area contributed by atoms with Gasteiger partial charge >= 0.3 is 0 Å². The van der Waals surface area contributed by atoms with Crippen LogP contribution in [0.1, 0.15) is 37.7 Å². The smallest absolute Gasteiger partial charge is 0.138 e. The predicted molar refractivity (Wildman–Crippen MR) is 84.9 cm³/mol. The van der Waals surface area contributed by atoms with Crippen LogP contribution in [0, 0.1) is 0 Å². The van der Waals surface area contributed by atoms with Gasteiger partial charge in [-0.2, -0.15) is 0 Å². The fourth-order valence-corrected chi connectivity index (χ4v) is 2.55. The van der Waals surface area contributed by atoms with Gasteiger partial charge < -0.3 is 19.2 Å². The standard InChI is InChI=1S/C17H25NO3/c1-17(2,3)14-8-11(20-6)7-12-13(10-19-5)15(9-18-4)21-16(12)14/h7-8,18H,9-10H2,1-6H3. The fraction of sp³-hybridized carbons (Fsp3) is 0.529. The van der Waals surface area contributed by atoms with Gasteiger partial charge in [-0.15, -0.1) is 0 Å². The molecule has 4 nitrogen and oxygen atoms in total. The lowest BCUT2D eigenvalue weighted by Gasteiger charge is -2.20. The molecule has 0 radical (unpaired) electrons. The van der Waals surface area contributed by atoms with E-state index in [9.17, 15) is 0 Å². The quantitative estimate of drug-likeness (QED) is 0.914. The molecule has 0 saturated heterocycles. The van der Waals surface area contributed by atoms with Crippen LogP contribution >= 0.6 is 0 Å². The van der Waals surface area contributed by atoms with E-state index in [2.05, 4.69) is 32.2 Å². The van der Waals surface area contributed by atoms with Crippen molar-refractivity contribution < 1.29 is 13.9 Å². The highest BCUT2D eigenvalue weighted by molar-refractivity contribution is 5.87. The number of nitrogens with one attached hydrogen (secondary N) is 1. The first-order valence-corrected chi connectivity index (χ1v) is 7.18. The third kappa shape index (κ3) is 3.06. The minimum absolute atomic E-state index is 0.0219. The van der Waals surface area contributed by atoms with E-state index in [-0.39, 0.29) is 5.41 Å². The Morgan fingerprint density at radius 3 is 2.43 bits per heavy atom. The topological polar surface area (TPSA) is 43.6 Å². The average Bonchev–Trinajstić information content (AvgIpc) is 2.75. The molecule has 0 aliphatic carbocycles. The molecule has 116 valence electrons. The minimum atomic E-state index is -0.0219. The van der Waals surface area contributed by atoms with Crippen molar-refractivity contribution in [1.29, 1.82) is 0 Å². The molecular weight excluding hydrogens is 266 g/mol. The molecule has 1 aromatic carbocycles. The van der Waals surface area contributed by atoms with Crippen molar-refractivity contribution in [1.82, 2.24) is 5.32 Å². The number of methoxy groups -OCH3 is 2. The van der Waals surface area contributed by atoms with Crippen LogP contribution < -0.4 is 10.1 Å². The molecule has 0 bridgehead atoms. The largest absolute Gasteiger partial charge is 0.497 e. The zero-order valence-corrected chi connectivity index (χ0v) is 13.8. The number of hydrogen-bond donors (Lipinski definition) is 1. The van der Waals surface area contributed by atoms with Gasteiger partial charge in [-0.05, 0) is 24.6 Å². The summed E-state index contributed by atoms with van der Waals surface area (Å²) in [4.78, 5) is 0. The van der Waals surface area contributed by atoms with Crippen LogP contribution in [0.25, 0.3) is 11.0 Å². The summed E-state index contributed by atoms with van der Waals surface area (Å²) >= 11 is 0. The maximum Gasteiger partial charge on any atom is 0.138 e. The van der Waals surface area contributed by atoms with Crippen molar-refractivity contribution in [2.45, 2.75) is 39.3 Å². The molecule has 1 N–H and O–H groups in total. The van der Waals surface area contributed by atoms with E-state index in [0.29, 0.717) is 13.2 Å². The molecule has 21 heavy (non-hydrogen) atoms. The van der Waals surface area contributed by atoms with Gasteiger partial charge in [-0.1, -0.05) is 20.8 Å². The zero-order valence-electron chi connectivity index (χ0n) is 13.8. The first-order chi connectivity index (χ1) is 9.92. The Balaban J connectivity index is 2.77. The molecule has 0 fully saturated rings. The van der Waals surface area contributed by atoms with E-state index < -0.39 is 0 Å². The van der Waals surface area contributed by atoms with E-state index in [1.807, 2.05) is 13.1 Å². The molecule has 0 saturated carbocycles. The molecule has 0 aliphatic heterocycles. The number of hydrogen-bond acceptors (Lipinski definition) is 4. The van der Waals surface area contributed by atoms with E-state index in [0.717, 1.165) is 33.6 Å². The van der Waals surface area contributed by atoms with Gasteiger partial charge in [-0.3, -0.25) is 0 Å². The molecule has 0 unspecified atom stereocenters. The van der Waals surface area contributed by atoms with Crippen molar-refractivity contribution in [3.8, 4) is 5.75 Å². The molecule has 0 amide bonds. The van der Waals surface area contributed by atoms with Gasteiger partial charge in [-0.25, -0.2) is 0 Å². The maximum atomic E-state index is 6.15. The summed E-state index contributed by atoms with van der Waals surface area (Å²) in [7, 11) is 5.31. The normalized spacial score (nSPS) is 12.1. The van der Waals surface area contributed by atoms with Crippen LogP contribution in [0.3, 0.4) is 0 Å². The van der Waals surface area contributed by atoms with Crippen LogP contribution in [0.2, 0.25) is 0 Å². The lowest BCUT2D eigenvalue weighted by molar-refractivity contribution is 0.183. The number of furan rings is 1. The monoisotopic (exact) mass is 291 g/mol. The van der Waals surface area contributed by atoms with E-state index in [4.69, 9.17) is 13.9 Å². The Bertz CT molecular complexity index is 623. The molecular formula is C17H25NO3. The van der Waals surface area contributed by atoms with Crippen molar-refractivity contribution >= 4 is 11.0 Å². The fourth-order valence-electron chi connectivity index (χ4n) is 2.55. The van der Waals surface area contributed by atoms with Crippen molar-refractivity contribution in [2.75, 3.05) is 21.3 Å². The Kier molecular flexibility index (Phi) is 4.59. The van der Waals surface area contributed by atoms with Crippen LogP contribution in [-0.4, -0.2) is 21.3 Å². The van der Waals surface area contributed by atoms with Crippen LogP contribution in [-0.2, 0) is 23.3 Å². The second-order valence-corrected chi connectivity index (χ2v) is 6.27. The summed E-state index contributed by atoms with van der Waals surface area (Å²) in [6, 6.07) is 4.09. The van der Waals surface area contributed by atoms with Crippen LogP contribution in [0.5, 0.6) is 5.75 Å². The predicted octanol–water partition coefficient (Wildman–Crippen LogP) is 3.60. The molecule has 1 aromatic heterocycles. The Morgan fingerprint density at radius 2 is 1.90 bits per heavy atom. The van der Waals surface area contributed by atoms with Gasteiger partial charge in [0.2, 0.25) is 0 Å². The van der Waals surface area contributed by atoms with Crippen LogP contribution in [0.4, 0.5) is 0 Å². The van der Waals surface area contributed by atoms with Crippen LogP contribution in [0.15, 0.2) is 16.5 Å². The SMILES string of the molecule is CNCc1oc2c(C(C)(C)C)cc(OC)cc2c1COC. The number of rotatable bonds is 5. The summed E-state index contributed by atoms with van der Waals surface area (Å²) in [6.07, 6.45) is 0. The Labute approximate surface area is 126 Å². The molecule has 0 spiro atoms. The maximum absolute atomic E-state index is 6.15. The van der Waals surface area contributed by atoms with Gasteiger partial charge in [0.05, 0.1) is 20.3 Å². The van der Waals surface area contributed by atoms with Gasteiger partial charge in [0.15, 0.2) is 0 Å². The highest BCUT2D eigenvalue weighted by Gasteiger charge is 2.24. The zero-order chi connectivity index (χ0) is 15.6. The van der Waals surface area contributed by atoms with E-state index in [1.165, 1.54) is 0 Å². The van der Waals surface area contributed by atoms with Crippen molar-refractivity contribution in [3.63, 3.8) is 0 Å². The van der Waals surface area contributed by atoms with E-state index in [1.54, 1.807) is 14.2 Å². The molecule has 0 atom stereocenters. The Hall–Kier alpha value is -1.52. The summed E-state index contributed by atoms with van der Waals surface area (Å²) < 4.78 is 17.0. The lowest BCUT2D eigenvalue weighted by Crippen LogP contribution is -2.11. The highest BCUT2D eigenvalue weighted by atomic mass is 16.5. The number of benzene rings is 1. The number of fused-ring (bicyclic) bond motifs is 1. The van der Waals surface area contributed by atoms with Crippen molar-refractivity contribution in [2.24, 2.45) is 0 Å². The second kappa shape index (κ2) is 6.08. The number of ether oxygens (including phenoxy) is 2. The molecule has 2 rings (SSSR count). The van der Waals surface area contributed by atoms with Crippen molar-refractivity contribution in [3.05, 3.63) is 29.0 Å². The third-order valence-electron chi connectivity index (χ3n) is 3.62. The van der Waals surface area contributed by atoms with Gasteiger partial charge in [0.25, 0.3) is 0 Å². The molecule has 4 heteroatoms. The minimum Gasteiger partial charge on any atom is -0.497 e. The summed E-state index contributed by atoms with van der Waals surface area (Å²) in [6.45, 7) is 7.74. The lowest BCUT2D eigenvalue weighted by atomic mass is 9.85. The molecule has 1 heterocycles.